The number of hydrogen-bond donors (Lipinski definition) is 2. The molecule has 2 aliphatic heterocycles. The van der Waals surface area contributed by atoms with Gasteiger partial charge in [0.25, 0.3) is 0 Å². The Hall–Kier alpha value is -3.55. The van der Waals surface area contributed by atoms with Gasteiger partial charge in [-0.2, -0.15) is 0 Å². The van der Waals surface area contributed by atoms with Crippen LogP contribution >= 0.6 is 0 Å². The highest BCUT2D eigenvalue weighted by molar-refractivity contribution is 5.98. The number of nitrogens with zero attached hydrogens (tertiary/aromatic N) is 1. The first-order valence-corrected chi connectivity index (χ1v) is 11.8. The molecule has 34 heavy (non-hydrogen) atoms. The van der Waals surface area contributed by atoms with Crippen LogP contribution in [-0.4, -0.2) is 55.5 Å². The second kappa shape index (κ2) is 11.0. The van der Waals surface area contributed by atoms with Crippen LogP contribution in [0.1, 0.15) is 41.6 Å². The van der Waals surface area contributed by atoms with Crippen LogP contribution in [0.2, 0.25) is 0 Å². The van der Waals surface area contributed by atoms with Gasteiger partial charge in [-0.1, -0.05) is 17.7 Å². The van der Waals surface area contributed by atoms with E-state index in [-0.39, 0.29) is 36.5 Å². The number of benzene rings is 2. The summed E-state index contributed by atoms with van der Waals surface area (Å²) in [5.74, 6) is 1.28. The molecule has 1 unspecified atom stereocenters. The number of hydrogen-bond acceptors (Lipinski definition) is 5. The van der Waals surface area contributed by atoms with Crippen molar-refractivity contribution < 1.29 is 23.9 Å². The van der Waals surface area contributed by atoms with Crippen molar-refractivity contribution >= 4 is 23.4 Å². The molecule has 180 valence electrons. The van der Waals surface area contributed by atoms with Gasteiger partial charge in [0.05, 0.1) is 0 Å². The van der Waals surface area contributed by atoms with E-state index in [1.165, 1.54) is 0 Å². The summed E-state index contributed by atoms with van der Waals surface area (Å²) in [6.45, 7) is 4.72. The molecule has 2 N–H and O–H groups in total. The molecular weight excluding hydrogens is 434 g/mol. The van der Waals surface area contributed by atoms with Crippen LogP contribution < -0.4 is 20.1 Å². The number of Topliss-reactive ketones (excluding diaryl/α,β-unsaturated/α-hetero) is 1. The minimum atomic E-state index is -0.252. The molecule has 0 radical (unpaired) electrons. The zero-order valence-corrected chi connectivity index (χ0v) is 19.5. The highest BCUT2D eigenvalue weighted by atomic mass is 16.6. The second-order valence-corrected chi connectivity index (χ2v) is 8.83. The van der Waals surface area contributed by atoms with Gasteiger partial charge < -0.3 is 25.0 Å². The minimum Gasteiger partial charge on any atom is -0.486 e. The molecule has 4 rings (SSSR count). The first-order valence-electron chi connectivity index (χ1n) is 11.8. The van der Waals surface area contributed by atoms with Crippen molar-refractivity contribution in [1.82, 2.24) is 10.2 Å². The summed E-state index contributed by atoms with van der Waals surface area (Å²) in [7, 11) is 0. The van der Waals surface area contributed by atoms with Crippen LogP contribution in [-0.2, 0) is 4.79 Å². The lowest BCUT2D eigenvalue weighted by Gasteiger charge is -2.33. The maximum atomic E-state index is 12.7. The fourth-order valence-electron chi connectivity index (χ4n) is 4.25. The van der Waals surface area contributed by atoms with Gasteiger partial charge in [0.2, 0.25) is 5.91 Å². The predicted molar refractivity (Wildman–Crippen MR) is 129 cm³/mol. The Morgan fingerprint density at radius 2 is 1.76 bits per heavy atom. The van der Waals surface area contributed by atoms with Crippen molar-refractivity contribution in [3.8, 4) is 11.5 Å². The summed E-state index contributed by atoms with van der Waals surface area (Å²) in [6.07, 6.45) is 2.15. The number of piperidine rings is 1. The summed E-state index contributed by atoms with van der Waals surface area (Å²) in [4.78, 5) is 39.4. The zero-order chi connectivity index (χ0) is 23.9. The number of ether oxygens (including phenoxy) is 2. The van der Waals surface area contributed by atoms with E-state index in [1.54, 1.807) is 18.2 Å². The normalized spacial score (nSPS) is 17.1. The fourth-order valence-corrected chi connectivity index (χ4v) is 4.25. The molecule has 3 amide bonds. The third-order valence-electron chi connectivity index (χ3n) is 6.16. The molecular formula is C26H31N3O5. The van der Waals surface area contributed by atoms with E-state index in [1.807, 2.05) is 36.1 Å². The number of carbonyl (C=O) groups excluding carboxylic acids is 3. The van der Waals surface area contributed by atoms with Crippen LogP contribution in [0.25, 0.3) is 0 Å². The van der Waals surface area contributed by atoms with Crippen LogP contribution in [0.15, 0.2) is 42.5 Å². The minimum absolute atomic E-state index is 0.0281. The second-order valence-electron chi connectivity index (χ2n) is 8.83. The number of nitrogens with one attached hydrogen (secondary N) is 2. The number of anilines is 1. The topological polar surface area (TPSA) is 97.0 Å². The Bertz CT molecular complexity index is 1040. The van der Waals surface area contributed by atoms with Gasteiger partial charge in [-0.15, -0.1) is 0 Å². The summed E-state index contributed by atoms with van der Waals surface area (Å²) < 4.78 is 11.0. The molecule has 8 heteroatoms. The van der Waals surface area contributed by atoms with Crippen LogP contribution in [0.4, 0.5) is 10.5 Å². The molecule has 2 aliphatic rings. The number of rotatable bonds is 7. The predicted octanol–water partition coefficient (Wildman–Crippen LogP) is 3.79. The summed E-state index contributed by atoms with van der Waals surface area (Å²) in [5.41, 5.74) is 2.40. The van der Waals surface area contributed by atoms with Crippen molar-refractivity contribution in [1.29, 1.82) is 0 Å². The highest BCUT2D eigenvalue weighted by Gasteiger charge is 2.25. The van der Waals surface area contributed by atoms with Crippen LogP contribution in [0.3, 0.4) is 0 Å². The van der Waals surface area contributed by atoms with Crippen LogP contribution in [0, 0.1) is 12.8 Å². The van der Waals surface area contributed by atoms with Gasteiger partial charge in [0.1, 0.15) is 13.2 Å². The molecule has 8 nitrogen and oxygen atoms in total. The lowest BCUT2D eigenvalue weighted by molar-refractivity contribution is -0.132. The summed E-state index contributed by atoms with van der Waals surface area (Å²) in [5, 5.41) is 5.73. The number of likely N-dealkylation sites (tertiary alicyclic amines) is 1. The van der Waals surface area contributed by atoms with Gasteiger partial charge in [-0.3, -0.25) is 9.59 Å². The van der Waals surface area contributed by atoms with Crippen molar-refractivity contribution in [2.24, 2.45) is 5.92 Å². The molecule has 0 aromatic heterocycles. The summed E-state index contributed by atoms with van der Waals surface area (Å²) in [6, 6.07) is 12.5. The van der Waals surface area contributed by atoms with Crippen molar-refractivity contribution in [3.05, 3.63) is 53.6 Å². The lowest BCUT2D eigenvalue weighted by Crippen LogP contribution is -2.44. The molecule has 1 atom stereocenters. The Kier molecular flexibility index (Phi) is 7.67. The van der Waals surface area contributed by atoms with E-state index in [9.17, 15) is 14.4 Å². The zero-order valence-electron chi connectivity index (χ0n) is 19.5. The molecule has 1 saturated heterocycles. The molecule has 2 aromatic carbocycles. The monoisotopic (exact) mass is 465 g/mol. The Balaban J connectivity index is 1.21. The molecule has 2 aromatic rings. The third kappa shape index (κ3) is 6.27. The molecule has 0 spiro atoms. The van der Waals surface area contributed by atoms with E-state index < -0.39 is 0 Å². The Labute approximate surface area is 199 Å². The van der Waals surface area contributed by atoms with Gasteiger partial charge in [-0.05, 0) is 56.0 Å². The van der Waals surface area contributed by atoms with E-state index in [2.05, 4.69) is 10.6 Å². The molecule has 2 heterocycles. The molecule has 1 fully saturated rings. The van der Waals surface area contributed by atoms with Gasteiger partial charge in [-0.25, -0.2) is 4.79 Å². The number of amides is 3. The SMILES string of the molecule is Cc1ccc(NC(=O)NCC2CCCN(C(=O)CCC(=O)c3ccc4c(c3)OCCO4)C2)cc1. The first-order chi connectivity index (χ1) is 16.5. The van der Waals surface area contributed by atoms with Crippen LogP contribution in [0.5, 0.6) is 11.5 Å². The number of ketones is 1. The van der Waals surface area contributed by atoms with Crippen molar-refractivity contribution in [3.63, 3.8) is 0 Å². The average molecular weight is 466 g/mol. The Morgan fingerprint density at radius 1 is 1.00 bits per heavy atom. The fraction of sp³-hybridized carbons (Fsp3) is 0.423. The molecule has 0 bridgehead atoms. The van der Waals surface area contributed by atoms with E-state index >= 15 is 0 Å². The average Bonchev–Trinajstić information content (AvgIpc) is 2.87. The highest BCUT2D eigenvalue weighted by Crippen LogP contribution is 2.31. The van der Waals surface area contributed by atoms with E-state index in [0.717, 1.165) is 24.1 Å². The standard InChI is InChI=1S/C26H31N3O5/c1-18-4-7-21(8-5-18)28-26(32)27-16-19-3-2-12-29(17-19)25(31)11-9-22(30)20-6-10-23-24(15-20)34-14-13-33-23/h4-8,10,15,19H,2-3,9,11-14,16-17H2,1H3,(H2,27,28,32). The van der Waals surface area contributed by atoms with Gasteiger partial charge >= 0.3 is 6.03 Å². The maximum Gasteiger partial charge on any atom is 0.319 e. The Morgan fingerprint density at radius 3 is 2.56 bits per heavy atom. The first kappa shape index (κ1) is 23.6. The van der Waals surface area contributed by atoms with E-state index in [4.69, 9.17) is 9.47 Å². The number of fused-ring (bicyclic) bond motifs is 1. The number of carbonyl (C=O) groups is 3. The lowest BCUT2D eigenvalue weighted by atomic mass is 9.97. The maximum absolute atomic E-state index is 12.7. The van der Waals surface area contributed by atoms with Crippen molar-refractivity contribution in [2.75, 3.05) is 38.2 Å². The van der Waals surface area contributed by atoms with E-state index in [0.29, 0.717) is 49.9 Å². The van der Waals surface area contributed by atoms with Gasteiger partial charge in [0, 0.05) is 43.7 Å². The molecule has 0 aliphatic carbocycles. The third-order valence-corrected chi connectivity index (χ3v) is 6.16. The number of urea groups is 1. The van der Waals surface area contributed by atoms with Crippen molar-refractivity contribution in [2.45, 2.75) is 32.6 Å². The largest absolute Gasteiger partial charge is 0.486 e. The number of aryl methyl sites for hydroxylation is 1. The summed E-state index contributed by atoms with van der Waals surface area (Å²) >= 11 is 0. The molecule has 0 saturated carbocycles. The smallest absolute Gasteiger partial charge is 0.319 e. The van der Waals surface area contributed by atoms with Gasteiger partial charge in [0.15, 0.2) is 17.3 Å². The quantitative estimate of drug-likeness (QED) is 0.607.